The molecule has 2 atom stereocenters. The zero-order chi connectivity index (χ0) is 12.4. The predicted octanol–water partition coefficient (Wildman–Crippen LogP) is 2.69. The van der Waals surface area contributed by atoms with Crippen LogP contribution in [0.15, 0.2) is 22.7 Å². The largest absolute Gasteiger partial charge is 0.379 e. The Hall–Kier alpha value is -0.580. The lowest BCUT2D eigenvalue weighted by Crippen LogP contribution is -2.33. The minimum absolute atomic E-state index is 0.0345. The molecule has 94 valence electrons. The summed E-state index contributed by atoms with van der Waals surface area (Å²) in [5.41, 5.74) is 8.42. The highest BCUT2D eigenvalue weighted by Gasteiger charge is 2.22. The van der Waals surface area contributed by atoms with E-state index in [2.05, 4.69) is 46.1 Å². The van der Waals surface area contributed by atoms with Crippen LogP contribution in [-0.4, -0.2) is 26.3 Å². The van der Waals surface area contributed by atoms with Gasteiger partial charge in [0.15, 0.2) is 0 Å². The van der Waals surface area contributed by atoms with Crippen LogP contribution in [0.2, 0.25) is 0 Å². The highest BCUT2D eigenvalue weighted by molar-refractivity contribution is 9.10. The Morgan fingerprint density at radius 1 is 1.53 bits per heavy atom. The van der Waals surface area contributed by atoms with Gasteiger partial charge in [0.25, 0.3) is 0 Å². The Labute approximate surface area is 111 Å². The van der Waals surface area contributed by atoms with Gasteiger partial charge in [-0.15, -0.1) is 0 Å². The first-order valence-corrected chi connectivity index (χ1v) is 6.74. The fourth-order valence-electron chi connectivity index (χ4n) is 2.24. The Morgan fingerprint density at radius 2 is 2.29 bits per heavy atom. The van der Waals surface area contributed by atoms with Gasteiger partial charge in [-0.3, -0.25) is 0 Å². The maximum absolute atomic E-state index is 6.04. The molecule has 0 saturated carbocycles. The fourth-order valence-corrected chi connectivity index (χ4v) is 2.61. The molecule has 0 spiro atoms. The quantitative estimate of drug-likeness (QED) is 0.932. The molecular weight excluding hydrogens is 280 g/mol. The SMILES string of the molecule is CC(N)c1cc(Br)ccc1N(C)C1CCOC1. The molecule has 1 fully saturated rings. The van der Waals surface area contributed by atoms with Crippen molar-refractivity contribution in [2.75, 3.05) is 25.2 Å². The second-order valence-corrected chi connectivity index (χ2v) is 5.54. The van der Waals surface area contributed by atoms with E-state index in [1.807, 2.05) is 6.92 Å². The number of nitrogens with two attached hydrogens (primary N) is 1. The maximum atomic E-state index is 6.04. The van der Waals surface area contributed by atoms with Gasteiger partial charge in [-0.2, -0.15) is 0 Å². The summed E-state index contributed by atoms with van der Waals surface area (Å²) >= 11 is 3.50. The molecule has 2 N–H and O–H groups in total. The first kappa shape index (κ1) is 12.9. The van der Waals surface area contributed by atoms with Crippen LogP contribution < -0.4 is 10.6 Å². The summed E-state index contributed by atoms with van der Waals surface area (Å²) in [5.74, 6) is 0. The third-order valence-corrected chi connectivity index (χ3v) is 3.81. The van der Waals surface area contributed by atoms with Crippen molar-refractivity contribution in [1.82, 2.24) is 0 Å². The molecule has 0 aromatic heterocycles. The molecule has 0 radical (unpaired) electrons. The standard InChI is InChI=1S/C13H19BrN2O/c1-9(15)12-7-10(14)3-4-13(12)16(2)11-5-6-17-8-11/h3-4,7,9,11H,5-6,8,15H2,1-2H3. The fraction of sp³-hybridized carbons (Fsp3) is 0.538. The van der Waals surface area contributed by atoms with E-state index in [1.165, 1.54) is 11.3 Å². The summed E-state index contributed by atoms with van der Waals surface area (Å²) in [7, 11) is 2.12. The average Bonchev–Trinajstić information content (AvgIpc) is 2.81. The highest BCUT2D eigenvalue weighted by Crippen LogP contribution is 2.30. The molecule has 3 nitrogen and oxygen atoms in total. The van der Waals surface area contributed by atoms with Gasteiger partial charge in [0.2, 0.25) is 0 Å². The predicted molar refractivity (Wildman–Crippen MR) is 74.4 cm³/mol. The molecular formula is C13H19BrN2O. The third-order valence-electron chi connectivity index (χ3n) is 3.31. The second kappa shape index (κ2) is 5.38. The van der Waals surface area contributed by atoms with Crippen LogP contribution in [0.5, 0.6) is 0 Å². The Balaban J connectivity index is 2.29. The number of anilines is 1. The van der Waals surface area contributed by atoms with Crippen LogP contribution in [0, 0.1) is 0 Å². The van der Waals surface area contributed by atoms with Gasteiger partial charge in [0.05, 0.1) is 12.6 Å². The maximum Gasteiger partial charge on any atom is 0.0670 e. The molecule has 1 aliphatic rings. The topological polar surface area (TPSA) is 38.5 Å². The van der Waals surface area contributed by atoms with Crippen LogP contribution in [0.25, 0.3) is 0 Å². The smallest absolute Gasteiger partial charge is 0.0670 e. The van der Waals surface area contributed by atoms with Gasteiger partial charge in [-0.1, -0.05) is 15.9 Å². The van der Waals surface area contributed by atoms with Gasteiger partial charge in [0.1, 0.15) is 0 Å². The monoisotopic (exact) mass is 298 g/mol. The number of ether oxygens (including phenoxy) is 1. The van der Waals surface area contributed by atoms with E-state index in [1.54, 1.807) is 0 Å². The van der Waals surface area contributed by atoms with Crippen LogP contribution in [-0.2, 0) is 4.74 Å². The van der Waals surface area contributed by atoms with Crippen molar-refractivity contribution in [3.63, 3.8) is 0 Å². The molecule has 0 aliphatic carbocycles. The molecule has 2 rings (SSSR count). The van der Waals surface area contributed by atoms with Crippen molar-refractivity contribution >= 4 is 21.6 Å². The van der Waals surface area contributed by atoms with E-state index >= 15 is 0 Å². The summed E-state index contributed by atoms with van der Waals surface area (Å²) < 4.78 is 6.52. The van der Waals surface area contributed by atoms with Gasteiger partial charge in [-0.05, 0) is 37.1 Å². The molecule has 1 aromatic rings. The molecule has 1 heterocycles. The van der Waals surface area contributed by atoms with Gasteiger partial charge >= 0.3 is 0 Å². The van der Waals surface area contributed by atoms with Crippen LogP contribution in [0.4, 0.5) is 5.69 Å². The first-order chi connectivity index (χ1) is 8.09. The Bertz CT molecular complexity index is 389. The lowest BCUT2D eigenvalue weighted by atomic mass is 10.0. The lowest BCUT2D eigenvalue weighted by Gasteiger charge is -2.29. The van der Waals surface area contributed by atoms with Gasteiger partial charge < -0.3 is 15.4 Å². The molecule has 1 aromatic carbocycles. The summed E-state index contributed by atoms with van der Waals surface area (Å²) in [5, 5.41) is 0. The van der Waals surface area contributed by atoms with E-state index in [0.717, 1.165) is 24.1 Å². The number of hydrogen-bond acceptors (Lipinski definition) is 3. The van der Waals surface area contributed by atoms with Crippen molar-refractivity contribution in [2.45, 2.75) is 25.4 Å². The number of halogens is 1. The molecule has 1 aliphatic heterocycles. The van der Waals surface area contributed by atoms with E-state index in [4.69, 9.17) is 10.5 Å². The van der Waals surface area contributed by atoms with E-state index in [9.17, 15) is 0 Å². The van der Waals surface area contributed by atoms with Crippen LogP contribution in [0.3, 0.4) is 0 Å². The van der Waals surface area contributed by atoms with Crippen molar-refractivity contribution < 1.29 is 4.74 Å². The highest BCUT2D eigenvalue weighted by atomic mass is 79.9. The zero-order valence-corrected chi connectivity index (χ0v) is 11.9. The number of hydrogen-bond donors (Lipinski definition) is 1. The molecule has 17 heavy (non-hydrogen) atoms. The number of likely N-dealkylation sites (N-methyl/N-ethyl adjacent to an activating group) is 1. The van der Waals surface area contributed by atoms with Gasteiger partial charge in [-0.25, -0.2) is 0 Å². The van der Waals surface area contributed by atoms with Crippen molar-refractivity contribution in [2.24, 2.45) is 5.73 Å². The van der Waals surface area contributed by atoms with Crippen LogP contribution >= 0.6 is 15.9 Å². The van der Waals surface area contributed by atoms with Crippen LogP contribution in [0.1, 0.15) is 24.9 Å². The summed E-state index contributed by atoms with van der Waals surface area (Å²) in [4.78, 5) is 2.29. The first-order valence-electron chi connectivity index (χ1n) is 5.95. The molecule has 1 saturated heterocycles. The number of rotatable bonds is 3. The number of benzene rings is 1. The van der Waals surface area contributed by atoms with E-state index < -0.39 is 0 Å². The lowest BCUT2D eigenvalue weighted by molar-refractivity contribution is 0.193. The minimum Gasteiger partial charge on any atom is -0.379 e. The van der Waals surface area contributed by atoms with E-state index in [0.29, 0.717) is 6.04 Å². The third kappa shape index (κ3) is 2.81. The van der Waals surface area contributed by atoms with Gasteiger partial charge in [0, 0.05) is 29.9 Å². The molecule has 0 bridgehead atoms. The molecule has 0 amide bonds. The average molecular weight is 299 g/mol. The minimum atomic E-state index is 0.0345. The summed E-state index contributed by atoms with van der Waals surface area (Å²) in [6, 6.07) is 6.79. The Morgan fingerprint density at radius 3 is 2.88 bits per heavy atom. The summed E-state index contributed by atoms with van der Waals surface area (Å²) in [6.07, 6.45) is 1.09. The zero-order valence-electron chi connectivity index (χ0n) is 10.3. The summed E-state index contributed by atoms with van der Waals surface area (Å²) in [6.45, 7) is 3.69. The molecule has 4 heteroatoms. The van der Waals surface area contributed by atoms with Crippen molar-refractivity contribution in [3.8, 4) is 0 Å². The second-order valence-electron chi connectivity index (χ2n) is 4.62. The Kier molecular flexibility index (Phi) is 4.07. The van der Waals surface area contributed by atoms with Crippen molar-refractivity contribution in [1.29, 1.82) is 0 Å². The number of nitrogens with zero attached hydrogens (tertiary/aromatic N) is 1. The van der Waals surface area contributed by atoms with E-state index in [-0.39, 0.29) is 6.04 Å². The normalized spacial score (nSPS) is 21.5. The molecule has 2 unspecified atom stereocenters. The van der Waals surface area contributed by atoms with Crippen molar-refractivity contribution in [3.05, 3.63) is 28.2 Å².